The van der Waals surface area contributed by atoms with E-state index in [1.165, 1.54) is 0 Å². The zero-order valence-electron chi connectivity index (χ0n) is 6.25. The standard InChI is InChI=1S/C7H12ClF2N/c8-4-7(1-2-7)5-11-3-6(9)10/h6,11H,1-5H2. The highest BCUT2D eigenvalue weighted by atomic mass is 35.5. The van der Waals surface area contributed by atoms with E-state index < -0.39 is 6.43 Å². The van der Waals surface area contributed by atoms with Gasteiger partial charge in [0.05, 0.1) is 6.54 Å². The van der Waals surface area contributed by atoms with Gasteiger partial charge in [-0.25, -0.2) is 8.78 Å². The molecular formula is C7H12ClF2N. The molecule has 0 aromatic carbocycles. The minimum atomic E-state index is -2.25. The summed E-state index contributed by atoms with van der Waals surface area (Å²) in [6.45, 7) is 0.430. The van der Waals surface area contributed by atoms with Crippen molar-refractivity contribution in [2.75, 3.05) is 19.0 Å². The maximum absolute atomic E-state index is 11.6. The molecule has 0 amide bonds. The van der Waals surface area contributed by atoms with Crippen molar-refractivity contribution in [3.05, 3.63) is 0 Å². The summed E-state index contributed by atoms with van der Waals surface area (Å²) in [5.74, 6) is 0.587. The smallest absolute Gasteiger partial charge is 0.250 e. The topological polar surface area (TPSA) is 12.0 Å². The minimum absolute atomic E-state index is 0.149. The van der Waals surface area contributed by atoms with E-state index in [0.717, 1.165) is 12.8 Å². The van der Waals surface area contributed by atoms with Gasteiger partial charge in [-0.05, 0) is 18.3 Å². The Balaban J connectivity index is 2.03. The fourth-order valence-corrected chi connectivity index (χ4v) is 1.34. The summed E-state index contributed by atoms with van der Waals surface area (Å²) in [6, 6.07) is 0. The molecule has 0 atom stereocenters. The lowest BCUT2D eigenvalue weighted by atomic mass is 10.1. The first-order valence-corrected chi connectivity index (χ1v) is 4.27. The van der Waals surface area contributed by atoms with Crippen LogP contribution in [0, 0.1) is 5.41 Å². The Morgan fingerprint density at radius 1 is 1.45 bits per heavy atom. The molecule has 0 saturated heterocycles. The lowest BCUT2D eigenvalue weighted by Crippen LogP contribution is -2.29. The van der Waals surface area contributed by atoms with Crippen LogP contribution in [0.25, 0.3) is 0 Å². The van der Waals surface area contributed by atoms with Crippen LogP contribution in [0.3, 0.4) is 0 Å². The molecule has 66 valence electrons. The van der Waals surface area contributed by atoms with Gasteiger partial charge in [-0.3, -0.25) is 0 Å². The summed E-state index contributed by atoms with van der Waals surface area (Å²) in [4.78, 5) is 0. The predicted octanol–water partition coefficient (Wildman–Crippen LogP) is 1.86. The Labute approximate surface area is 70.1 Å². The van der Waals surface area contributed by atoms with E-state index in [4.69, 9.17) is 11.6 Å². The average Bonchev–Trinajstić information content (AvgIpc) is 2.69. The van der Waals surface area contributed by atoms with Gasteiger partial charge in [0.1, 0.15) is 0 Å². The molecular weight excluding hydrogens is 172 g/mol. The normalized spacial score (nSPS) is 20.7. The Bertz CT molecular complexity index is 126. The van der Waals surface area contributed by atoms with Crippen LogP contribution in [0.4, 0.5) is 8.78 Å². The SMILES string of the molecule is FC(F)CNCC1(CCl)CC1. The first-order valence-electron chi connectivity index (χ1n) is 3.73. The van der Waals surface area contributed by atoms with Gasteiger partial charge in [-0.2, -0.15) is 0 Å². The summed E-state index contributed by atoms with van der Waals surface area (Å²) >= 11 is 5.64. The van der Waals surface area contributed by atoms with E-state index in [1.54, 1.807) is 0 Å². The van der Waals surface area contributed by atoms with Crippen LogP contribution in [0.1, 0.15) is 12.8 Å². The summed E-state index contributed by atoms with van der Waals surface area (Å²) < 4.78 is 23.3. The third-order valence-corrected chi connectivity index (χ3v) is 2.61. The molecule has 0 radical (unpaired) electrons. The number of hydrogen-bond acceptors (Lipinski definition) is 1. The van der Waals surface area contributed by atoms with Crippen LogP contribution in [-0.4, -0.2) is 25.4 Å². The van der Waals surface area contributed by atoms with Gasteiger partial charge in [0.2, 0.25) is 0 Å². The van der Waals surface area contributed by atoms with E-state index in [0.29, 0.717) is 12.4 Å². The second-order valence-corrected chi connectivity index (χ2v) is 3.42. The molecule has 0 spiro atoms. The van der Waals surface area contributed by atoms with E-state index in [-0.39, 0.29) is 12.0 Å². The molecule has 1 aliphatic rings. The van der Waals surface area contributed by atoms with Crippen molar-refractivity contribution >= 4 is 11.6 Å². The molecule has 0 bridgehead atoms. The van der Waals surface area contributed by atoms with E-state index >= 15 is 0 Å². The second kappa shape index (κ2) is 3.68. The quantitative estimate of drug-likeness (QED) is 0.642. The molecule has 1 fully saturated rings. The molecule has 0 heterocycles. The highest BCUT2D eigenvalue weighted by Crippen LogP contribution is 2.45. The van der Waals surface area contributed by atoms with Gasteiger partial charge in [0.15, 0.2) is 0 Å². The molecule has 1 rings (SSSR count). The van der Waals surface area contributed by atoms with Gasteiger partial charge < -0.3 is 5.32 Å². The molecule has 11 heavy (non-hydrogen) atoms. The Morgan fingerprint density at radius 2 is 2.09 bits per heavy atom. The summed E-state index contributed by atoms with van der Waals surface area (Å²) in [5.41, 5.74) is 0.149. The second-order valence-electron chi connectivity index (χ2n) is 3.16. The van der Waals surface area contributed by atoms with Crippen molar-refractivity contribution in [1.82, 2.24) is 5.32 Å². The number of alkyl halides is 3. The first-order chi connectivity index (χ1) is 5.18. The van der Waals surface area contributed by atoms with Gasteiger partial charge in [0.25, 0.3) is 6.43 Å². The van der Waals surface area contributed by atoms with Crippen molar-refractivity contribution < 1.29 is 8.78 Å². The molecule has 1 aliphatic carbocycles. The maximum atomic E-state index is 11.6. The van der Waals surface area contributed by atoms with Crippen LogP contribution >= 0.6 is 11.6 Å². The van der Waals surface area contributed by atoms with Gasteiger partial charge in [-0.15, -0.1) is 11.6 Å². The molecule has 0 unspecified atom stereocenters. The summed E-state index contributed by atoms with van der Waals surface area (Å²) in [6.07, 6.45) is -0.0967. The molecule has 1 nitrogen and oxygen atoms in total. The van der Waals surface area contributed by atoms with Crippen LogP contribution in [0.15, 0.2) is 0 Å². The Kier molecular flexibility index (Phi) is 3.07. The largest absolute Gasteiger partial charge is 0.311 e. The fraction of sp³-hybridized carbons (Fsp3) is 1.00. The zero-order chi connectivity index (χ0) is 8.32. The monoisotopic (exact) mass is 183 g/mol. The summed E-state index contributed by atoms with van der Waals surface area (Å²) in [7, 11) is 0. The number of nitrogens with one attached hydrogen (secondary N) is 1. The minimum Gasteiger partial charge on any atom is -0.311 e. The van der Waals surface area contributed by atoms with Gasteiger partial charge >= 0.3 is 0 Å². The molecule has 0 aromatic heterocycles. The van der Waals surface area contributed by atoms with Crippen molar-refractivity contribution in [1.29, 1.82) is 0 Å². The van der Waals surface area contributed by atoms with Crippen LogP contribution in [0.5, 0.6) is 0 Å². The van der Waals surface area contributed by atoms with Crippen molar-refractivity contribution in [2.24, 2.45) is 5.41 Å². The van der Waals surface area contributed by atoms with Crippen LogP contribution < -0.4 is 5.32 Å². The number of rotatable bonds is 5. The molecule has 1 saturated carbocycles. The Morgan fingerprint density at radius 3 is 2.45 bits per heavy atom. The van der Waals surface area contributed by atoms with E-state index in [9.17, 15) is 8.78 Å². The molecule has 4 heteroatoms. The highest BCUT2D eigenvalue weighted by Gasteiger charge is 2.41. The van der Waals surface area contributed by atoms with E-state index in [1.807, 2.05) is 0 Å². The zero-order valence-corrected chi connectivity index (χ0v) is 7.00. The van der Waals surface area contributed by atoms with Gasteiger partial charge in [-0.1, -0.05) is 0 Å². The van der Waals surface area contributed by atoms with Crippen LogP contribution in [-0.2, 0) is 0 Å². The van der Waals surface area contributed by atoms with Crippen molar-refractivity contribution in [3.8, 4) is 0 Å². The number of hydrogen-bond donors (Lipinski definition) is 1. The molecule has 0 aliphatic heterocycles. The predicted molar refractivity (Wildman–Crippen MR) is 41.3 cm³/mol. The average molecular weight is 184 g/mol. The van der Waals surface area contributed by atoms with E-state index in [2.05, 4.69) is 5.32 Å². The van der Waals surface area contributed by atoms with Crippen LogP contribution in [0.2, 0.25) is 0 Å². The molecule has 1 N–H and O–H groups in total. The third-order valence-electron chi connectivity index (χ3n) is 2.04. The first kappa shape index (κ1) is 9.20. The maximum Gasteiger partial charge on any atom is 0.250 e. The van der Waals surface area contributed by atoms with Crippen molar-refractivity contribution in [3.63, 3.8) is 0 Å². The van der Waals surface area contributed by atoms with Crippen molar-refractivity contribution in [2.45, 2.75) is 19.3 Å². The summed E-state index contributed by atoms with van der Waals surface area (Å²) in [5, 5.41) is 2.70. The highest BCUT2D eigenvalue weighted by molar-refractivity contribution is 6.18. The fourth-order valence-electron chi connectivity index (χ4n) is 0.981. The Hall–Kier alpha value is 0.110. The van der Waals surface area contributed by atoms with Gasteiger partial charge in [0, 0.05) is 12.4 Å². The lowest BCUT2D eigenvalue weighted by Gasteiger charge is -2.11. The lowest BCUT2D eigenvalue weighted by molar-refractivity contribution is 0.144. The number of halogens is 3. The molecule has 0 aromatic rings. The third kappa shape index (κ3) is 2.91.